The Kier molecular flexibility index (Phi) is 15.1. The van der Waals surface area contributed by atoms with Crippen molar-refractivity contribution >= 4 is 24.3 Å². The molecule has 0 radical (unpaired) electrons. The Hall–Kier alpha value is -3.76. The normalized spacial score (nSPS) is 18.8. The molecule has 1 aliphatic heterocycles. The van der Waals surface area contributed by atoms with Crippen molar-refractivity contribution < 1.29 is 34.1 Å². The van der Waals surface area contributed by atoms with Gasteiger partial charge in [-0.25, -0.2) is 4.79 Å². The van der Waals surface area contributed by atoms with Gasteiger partial charge in [-0.1, -0.05) is 56.3 Å². The molecule has 0 unspecified atom stereocenters. The lowest BCUT2D eigenvalue weighted by Crippen LogP contribution is -2.59. The highest BCUT2D eigenvalue weighted by Gasteiger charge is 2.38. The first-order chi connectivity index (χ1) is 22.8. The van der Waals surface area contributed by atoms with E-state index in [1.165, 1.54) is 16.0 Å². The van der Waals surface area contributed by atoms with E-state index in [0.717, 1.165) is 75.7 Å². The van der Waals surface area contributed by atoms with Crippen LogP contribution < -0.4 is 5.32 Å². The molecule has 2 aliphatic rings. The van der Waals surface area contributed by atoms with E-state index in [1.54, 1.807) is 20.8 Å². The van der Waals surface area contributed by atoms with Gasteiger partial charge in [0.1, 0.15) is 6.04 Å². The predicted octanol–water partition coefficient (Wildman–Crippen LogP) is 6.06. The summed E-state index contributed by atoms with van der Waals surface area (Å²) in [7, 11) is 0. The van der Waals surface area contributed by atoms with Crippen LogP contribution in [-0.2, 0) is 33.8 Å². The van der Waals surface area contributed by atoms with E-state index in [0.29, 0.717) is 12.5 Å². The van der Waals surface area contributed by atoms with Crippen LogP contribution in [0, 0.1) is 11.8 Å². The van der Waals surface area contributed by atoms with Crippen LogP contribution in [0.1, 0.15) is 93.8 Å². The maximum absolute atomic E-state index is 13.6. The number of carbonyl (C=O) groups is 4. The van der Waals surface area contributed by atoms with E-state index in [2.05, 4.69) is 22.3 Å². The van der Waals surface area contributed by atoms with Crippen molar-refractivity contribution in [3.05, 3.63) is 70.8 Å². The molecule has 1 fully saturated rings. The molecule has 10 nitrogen and oxygen atoms in total. The maximum Gasteiger partial charge on any atom is 0.408 e. The first-order valence-electron chi connectivity index (χ1n) is 17.2. The summed E-state index contributed by atoms with van der Waals surface area (Å²) >= 11 is 0. The molecule has 264 valence electrons. The molecule has 1 saturated carbocycles. The molecule has 2 aromatic rings. The van der Waals surface area contributed by atoms with Crippen LogP contribution in [0.5, 0.6) is 0 Å². The monoisotopic (exact) mass is 665 g/mol. The van der Waals surface area contributed by atoms with Gasteiger partial charge in [-0.2, -0.15) is 0 Å². The highest BCUT2D eigenvalue weighted by atomic mass is 16.5. The van der Waals surface area contributed by atoms with Gasteiger partial charge in [0.15, 0.2) is 5.78 Å². The highest BCUT2D eigenvalue weighted by Crippen LogP contribution is 2.28. The number of ether oxygens (including phenoxy) is 1. The number of rotatable bonds is 12. The summed E-state index contributed by atoms with van der Waals surface area (Å²) in [6.07, 6.45) is 5.90. The number of amides is 2. The Morgan fingerprint density at radius 2 is 1.62 bits per heavy atom. The molecule has 1 heterocycles. The van der Waals surface area contributed by atoms with Crippen LogP contribution in [0.25, 0.3) is 0 Å². The van der Waals surface area contributed by atoms with E-state index in [1.807, 2.05) is 50.2 Å². The molecule has 0 bridgehead atoms. The number of carbonyl (C=O) groups excluding carboxylic acids is 2. The van der Waals surface area contributed by atoms with Gasteiger partial charge in [-0.3, -0.25) is 19.3 Å². The van der Waals surface area contributed by atoms with Crippen molar-refractivity contribution in [2.24, 2.45) is 11.8 Å². The van der Waals surface area contributed by atoms with Gasteiger partial charge in [0.25, 0.3) is 6.47 Å². The van der Waals surface area contributed by atoms with Crippen molar-refractivity contribution in [3.63, 3.8) is 0 Å². The minimum atomic E-state index is -1.13. The third-order valence-corrected chi connectivity index (χ3v) is 9.39. The Morgan fingerprint density at radius 1 is 1.00 bits per heavy atom. The molecule has 3 N–H and O–H groups in total. The quantitative estimate of drug-likeness (QED) is 0.184. The number of ketones is 1. The van der Waals surface area contributed by atoms with Crippen LogP contribution in [0.4, 0.5) is 4.79 Å². The Balaban J connectivity index is 0.00000201. The van der Waals surface area contributed by atoms with Crippen molar-refractivity contribution in [2.75, 3.05) is 26.2 Å². The second kappa shape index (κ2) is 18.7. The molecular weight excluding hydrogens is 610 g/mol. The maximum atomic E-state index is 13.6. The smallest absolute Gasteiger partial charge is 0.408 e. The van der Waals surface area contributed by atoms with Gasteiger partial charge >= 0.3 is 6.09 Å². The number of Topliss-reactive ketones (excluding diaryl/α,β-unsaturated/α-hetero) is 1. The fraction of sp³-hybridized carbons (Fsp3) is 0.579. The highest BCUT2D eigenvalue weighted by molar-refractivity contribution is 5.97. The Morgan fingerprint density at radius 3 is 2.21 bits per heavy atom. The number of nitrogens with zero attached hydrogens (tertiary/aromatic N) is 2. The fourth-order valence-electron chi connectivity index (χ4n) is 6.76. The molecule has 48 heavy (non-hydrogen) atoms. The van der Waals surface area contributed by atoms with Gasteiger partial charge in [0.2, 0.25) is 5.91 Å². The van der Waals surface area contributed by atoms with Crippen LogP contribution in [0.3, 0.4) is 0 Å². The van der Waals surface area contributed by atoms with Crippen molar-refractivity contribution in [1.82, 2.24) is 15.1 Å². The number of hydrogen-bond acceptors (Lipinski definition) is 6. The van der Waals surface area contributed by atoms with Gasteiger partial charge in [0.05, 0.1) is 13.2 Å². The third-order valence-electron chi connectivity index (χ3n) is 9.39. The zero-order valence-electron chi connectivity index (χ0n) is 29.3. The average molecular weight is 666 g/mol. The first-order valence-corrected chi connectivity index (χ1v) is 17.2. The van der Waals surface area contributed by atoms with Crippen LogP contribution in [0.15, 0.2) is 48.5 Å². The van der Waals surface area contributed by atoms with Crippen LogP contribution >= 0.6 is 0 Å². The zero-order chi connectivity index (χ0) is 35.3. The third kappa shape index (κ3) is 11.7. The summed E-state index contributed by atoms with van der Waals surface area (Å²) in [5, 5.41) is 20.1. The molecule has 4 rings (SSSR count). The second-order valence-corrected chi connectivity index (χ2v) is 14.3. The largest absolute Gasteiger partial charge is 0.483 e. The van der Waals surface area contributed by atoms with Crippen LogP contribution in [0.2, 0.25) is 0 Å². The minimum Gasteiger partial charge on any atom is -0.483 e. The molecule has 10 heteroatoms. The molecule has 0 spiro atoms. The summed E-state index contributed by atoms with van der Waals surface area (Å²) in [5.41, 5.74) is 3.73. The summed E-state index contributed by atoms with van der Waals surface area (Å²) < 4.78 is 5.89. The van der Waals surface area contributed by atoms with Crippen LogP contribution in [-0.4, -0.2) is 88.1 Å². The van der Waals surface area contributed by atoms with Crippen molar-refractivity contribution in [2.45, 2.75) is 104 Å². The van der Waals surface area contributed by atoms with E-state index in [4.69, 9.17) is 14.6 Å². The summed E-state index contributed by atoms with van der Waals surface area (Å²) in [5.74, 6) is 0.559. The van der Waals surface area contributed by atoms with Gasteiger partial charge < -0.3 is 25.2 Å². The summed E-state index contributed by atoms with van der Waals surface area (Å²) in [6.45, 7) is 12.5. The van der Waals surface area contributed by atoms with Crippen molar-refractivity contribution in [1.29, 1.82) is 0 Å². The number of nitrogens with one attached hydrogen (secondary N) is 1. The molecule has 2 amide bonds. The molecular formula is C38H55N3O7. The number of carboxylic acid groups (broad SMARTS) is 2. The lowest BCUT2D eigenvalue weighted by molar-refractivity contribution is -0.131. The number of hydrogen-bond donors (Lipinski definition) is 3. The van der Waals surface area contributed by atoms with Gasteiger partial charge in [-0.05, 0) is 101 Å². The molecule has 1 atom stereocenters. The lowest BCUT2D eigenvalue weighted by Gasteiger charge is -2.39. The Bertz CT molecular complexity index is 1330. The van der Waals surface area contributed by atoms with Crippen molar-refractivity contribution in [3.8, 4) is 0 Å². The standard InChI is InChI=1S/C37H53N3O5.CH2O2/c1-26(2)34(41)31-14-13-29-18-21-39(22-19-30(29)23-31)20-17-27-11-15-32(16-12-27)38-35(42)33(40(36(43)44)37(3,4)5)25-45-24-28-9-7-6-8-10-28;2-1-3/h6-10,13-14,23,26-27,32-33H,11-12,15-22,24-25H2,1-5H3,(H,38,42)(H,43,44);1H,(H,2,3)/t27?,32?,33-;/m0./s1. The van der Waals surface area contributed by atoms with E-state index in [-0.39, 0.29) is 36.7 Å². The molecule has 0 saturated heterocycles. The molecule has 0 aromatic heterocycles. The summed E-state index contributed by atoms with van der Waals surface area (Å²) in [6, 6.07) is 15.1. The molecule has 1 aliphatic carbocycles. The summed E-state index contributed by atoms with van der Waals surface area (Å²) in [4.78, 5) is 50.5. The second-order valence-electron chi connectivity index (χ2n) is 14.3. The lowest BCUT2D eigenvalue weighted by atomic mass is 9.84. The Labute approximate surface area is 285 Å². The fourth-order valence-corrected chi connectivity index (χ4v) is 6.76. The van der Waals surface area contributed by atoms with Gasteiger partial charge in [-0.15, -0.1) is 0 Å². The van der Waals surface area contributed by atoms with E-state index < -0.39 is 17.7 Å². The topological polar surface area (TPSA) is 136 Å². The molecule has 2 aromatic carbocycles. The number of benzene rings is 2. The van der Waals surface area contributed by atoms with E-state index >= 15 is 0 Å². The van der Waals surface area contributed by atoms with E-state index in [9.17, 15) is 19.5 Å². The average Bonchev–Trinajstić information content (AvgIpc) is 3.25. The SMILES string of the molecule is CC(C)C(=O)c1ccc2c(c1)CCN(CCC1CCC(NC(=O)[C@H](COCc3ccccc3)N(C(=O)O)C(C)(C)C)CC1)CC2.O=CO. The number of fused-ring (bicyclic) bond motifs is 1. The zero-order valence-corrected chi connectivity index (χ0v) is 29.3. The minimum absolute atomic E-state index is 0.00527. The predicted molar refractivity (Wildman–Crippen MR) is 186 cm³/mol. The first kappa shape index (κ1) is 38.7. The van der Waals surface area contributed by atoms with Gasteiger partial charge in [0, 0.05) is 36.2 Å².